The number of amides is 2. The fourth-order valence-electron chi connectivity index (χ4n) is 3.58. The van der Waals surface area contributed by atoms with Crippen LogP contribution >= 0.6 is 11.6 Å². The summed E-state index contributed by atoms with van der Waals surface area (Å²) in [7, 11) is 0. The predicted molar refractivity (Wildman–Crippen MR) is 134 cm³/mol. The Balaban J connectivity index is 1.92. The molecular weight excluding hydrogens is 436 g/mol. The summed E-state index contributed by atoms with van der Waals surface area (Å²) in [6, 6.07) is 15.4. The molecule has 1 aromatic heterocycles. The molecule has 0 unspecified atom stereocenters. The summed E-state index contributed by atoms with van der Waals surface area (Å²) in [5.41, 5.74) is 3.57. The zero-order chi connectivity index (χ0) is 24.1. The summed E-state index contributed by atoms with van der Waals surface area (Å²) in [6.45, 7) is 10.3. The number of rotatable bonds is 8. The first-order valence-electron chi connectivity index (χ1n) is 11.1. The summed E-state index contributed by atoms with van der Waals surface area (Å²) in [5, 5.41) is 3.56. The van der Waals surface area contributed by atoms with Crippen LogP contribution in [-0.4, -0.2) is 39.4 Å². The summed E-state index contributed by atoms with van der Waals surface area (Å²) in [6.07, 6.45) is 1.89. The van der Waals surface area contributed by atoms with Gasteiger partial charge in [-0.15, -0.1) is 0 Å². The van der Waals surface area contributed by atoms with Gasteiger partial charge in [0.15, 0.2) is 0 Å². The van der Waals surface area contributed by atoms with Crippen LogP contribution in [0, 0.1) is 18.8 Å². The Bertz CT molecular complexity index is 1120. The lowest BCUT2D eigenvalue weighted by molar-refractivity contribution is -0.138. The quantitative estimate of drug-likeness (QED) is 0.471. The van der Waals surface area contributed by atoms with Gasteiger partial charge in [0.25, 0.3) is 0 Å². The van der Waals surface area contributed by atoms with Crippen LogP contribution in [0.1, 0.15) is 33.3 Å². The number of aromatic nitrogens is 2. The third kappa shape index (κ3) is 6.45. The van der Waals surface area contributed by atoms with Crippen LogP contribution in [0.25, 0.3) is 16.9 Å². The fourth-order valence-corrected chi connectivity index (χ4v) is 3.70. The van der Waals surface area contributed by atoms with Crippen molar-refractivity contribution in [1.82, 2.24) is 14.5 Å². The second-order valence-electron chi connectivity index (χ2n) is 8.98. The van der Waals surface area contributed by atoms with Crippen LogP contribution in [-0.2, 0) is 9.59 Å². The highest BCUT2D eigenvalue weighted by atomic mass is 35.5. The number of carbonyl (C=O) groups is 2. The van der Waals surface area contributed by atoms with E-state index in [2.05, 4.69) is 10.3 Å². The molecule has 7 heteroatoms. The monoisotopic (exact) mass is 466 g/mol. The first-order valence-corrected chi connectivity index (χ1v) is 11.5. The Hall–Kier alpha value is -3.12. The van der Waals surface area contributed by atoms with E-state index in [4.69, 9.17) is 11.6 Å². The van der Waals surface area contributed by atoms with Gasteiger partial charge >= 0.3 is 0 Å². The van der Waals surface area contributed by atoms with E-state index in [-0.39, 0.29) is 30.2 Å². The van der Waals surface area contributed by atoms with E-state index in [1.54, 1.807) is 4.90 Å². The second-order valence-corrected chi connectivity index (χ2v) is 9.42. The highest BCUT2D eigenvalue weighted by molar-refractivity contribution is 6.30. The van der Waals surface area contributed by atoms with Crippen molar-refractivity contribution in [1.29, 1.82) is 0 Å². The van der Waals surface area contributed by atoms with Gasteiger partial charge in [-0.25, -0.2) is 4.98 Å². The van der Waals surface area contributed by atoms with Gasteiger partial charge in [0.1, 0.15) is 0 Å². The van der Waals surface area contributed by atoms with E-state index in [0.717, 1.165) is 16.8 Å². The maximum Gasteiger partial charge on any atom is 0.246 e. The van der Waals surface area contributed by atoms with Crippen molar-refractivity contribution in [2.75, 3.05) is 18.4 Å². The average molecular weight is 467 g/mol. The molecule has 174 valence electrons. The Labute approximate surface area is 200 Å². The molecule has 0 fully saturated rings. The molecule has 33 heavy (non-hydrogen) atoms. The van der Waals surface area contributed by atoms with Gasteiger partial charge in [-0.1, -0.05) is 63.6 Å². The first-order chi connectivity index (χ1) is 15.6. The van der Waals surface area contributed by atoms with Gasteiger partial charge in [0, 0.05) is 34.9 Å². The third-order valence-corrected chi connectivity index (χ3v) is 5.35. The molecule has 3 rings (SSSR count). The standard InChI is InChI=1S/C26H31ClN4O2/c1-17(2)14-30(25(33)18(3)4)16-24(32)29-26-28-23(20-9-11-21(27)12-10-20)15-31(26)22-8-6-7-19(5)13-22/h6-13,15,17-18H,14,16H2,1-5H3,(H,28,29,32). The smallest absolute Gasteiger partial charge is 0.246 e. The topological polar surface area (TPSA) is 67.2 Å². The molecule has 0 saturated carbocycles. The lowest BCUT2D eigenvalue weighted by atomic mass is 10.1. The molecule has 0 spiro atoms. The Morgan fingerprint density at radius 2 is 1.79 bits per heavy atom. The van der Waals surface area contributed by atoms with Crippen LogP contribution < -0.4 is 5.32 Å². The number of imidazole rings is 1. The van der Waals surface area contributed by atoms with E-state index < -0.39 is 0 Å². The van der Waals surface area contributed by atoms with Crippen molar-refractivity contribution in [2.45, 2.75) is 34.6 Å². The van der Waals surface area contributed by atoms with Crippen LogP contribution in [0.4, 0.5) is 5.95 Å². The molecule has 0 aliphatic carbocycles. The molecular formula is C26H31ClN4O2. The normalized spacial score (nSPS) is 11.2. The molecule has 2 aromatic carbocycles. The van der Waals surface area contributed by atoms with E-state index >= 15 is 0 Å². The van der Waals surface area contributed by atoms with Gasteiger partial charge in [0.2, 0.25) is 17.8 Å². The van der Waals surface area contributed by atoms with Gasteiger partial charge in [-0.05, 0) is 42.7 Å². The molecule has 0 aliphatic heterocycles. The summed E-state index contributed by atoms with van der Waals surface area (Å²) in [5.74, 6) is 0.153. The van der Waals surface area contributed by atoms with Crippen LogP contribution in [0.5, 0.6) is 0 Å². The summed E-state index contributed by atoms with van der Waals surface area (Å²) in [4.78, 5) is 31.9. The largest absolute Gasteiger partial charge is 0.333 e. The van der Waals surface area contributed by atoms with E-state index in [9.17, 15) is 9.59 Å². The summed E-state index contributed by atoms with van der Waals surface area (Å²) < 4.78 is 1.85. The van der Waals surface area contributed by atoms with Crippen molar-refractivity contribution >= 4 is 29.4 Å². The number of aryl methyl sites for hydroxylation is 1. The van der Waals surface area contributed by atoms with Gasteiger partial charge in [-0.2, -0.15) is 0 Å². The number of hydrogen-bond acceptors (Lipinski definition) is 3. The molecule has 0 radical (unpaired) electrons. The molecule has 3 aromatic rings. The Morgan fingerprint density at radius 3 is 2.39 bits per heavy atom. The van der Waals surface area contributed by atoms with Gasteiger partial charge in [0.05, 0.1) is 12.2 Å². The number of nitrogens with zero attached hydrogens (tertiary/aromatic N) is 3. The second kappa shape index (κ2) is 10.7. The minimum atomic E-state index is -0.285. The molecule has 0 saturated heterocycles. The minimum Gasteiger partial charge on any atom is -0.333 e. The van der Waals surface area contributed by atoms with Crippen molar-refractivity contribution in [3.63, 3.8) is 0 Å². The van der Waals surface area contributed by atoms with Crippen LogP contribution in [0.15, 0.2) is 54.7 Å². The lowest BCUT2D eigenvalue weighted by Crippen LogP contribution is -2.42. The Kier molecular flexibility index (Phi) is 7.92. The highest BCUT2D eigenvalue weighted by Gasteiger charge is 2.22. The zero-order valence-corrected chi connectivity index (χ0v) is 20.6. The van der Waals surface area contributed by atoms with E-state index in [1.807, 2.05) is 93.9 Å². The average Bonchev–Trinajstić information content (AvgIpc) is 3.16. The van der Waals surface area contributed by atoms with Crippen LogP contribution in [0.2, 0.25) is 5.02 Å². The number of nitrogens with one attached hydrogen (secondary N) is 1. The number of carbonyl (C=O) groups excluding carboxylic acids is 2. The maximum absolute atomic E-state index is 13.0. The van der Waals surface area contributed by atoms with Crippen molar-refractivity contribution in [3.05, 3.63) is 65.3 Å². The fraction of sp³-hybridized carbons (Fsp3) is 0.346. The highest BCUT2D eigenvalue weighted by Crippen LogP contribution is 2.26. The first kappa shape index (κ1) is 24.5. The zero-order valence-electron chi connectivity index (χ0n) is 19.8. The number of hydrogen-bond donors (Lipinski definition) is 1. The van der Waals surface area contributed by atoms with Crippen LogP contribution in [0.3, 0.4) is 0 Å². The molecule has 1 heterocycles. The predicted octanol–water partition coefficient (Wildman–Crippen LogP) is 5.58. The van der Waals surface area contributed by atoms with Crippen molar-refractivity contribution < 1.29 is 9.59 Å². The van der Waals surface area contributed by atoms with Crippen molar-refractivity contribution in [3.8, 4) is 16.9 Å². The SMILES string of the molecule is Cc1cccc(-n2cc(-c3ccc(Cl)cc3)nc2NC(=O)CN(CC(C)C)C(=O)C(C)C)c1. The van der Waals surface area contributed by atoms with E-state index in [0.29, 0.717) is 23.2 Å². The molecule has 0 atom stereocenters. The molecule has 2 amide bonds. The van der Waals surface area contributed by atoms with Gasteiger partial charge < -0.3 is 4.90 Å². The van der Waals surface area contributed by atoms with Crippen molar-refractivity contribution in [2.24, 2.45) is 11.8 Å². The number of halogens is 1. The molecule has 0 aliphatic rings. The minimum absolute atomic E-state index is 0.0217. The van der Waals surface area contributed by atoms with Gasteiger partial charge in [-0.3, -0.25) is 19.5 Å². The molecule has 0 bridgehead atoms. The maximum atomic E-state index is 13.0. The number of benzene rings is 2. The molecule has 6 nitrogen and oxygen atoms in total. The Morgan fingerprint density at radius 1 is 1.09 bits per heavy atom. The number of anilines is 1. The van der Waals surface area contributed by atoms with E-state index in [1.165, 1.54) is 0 Å². The molecule has 1 N–H and O–H groups in total. The lowest BCUT2D eigenvalue weighted by Gasteiger charge is -2.25. The third-order valence-electron chi connectivity index (χ3n) is 5.10. The summed E-state index contributed by atoms with van der Waals surface area (Å²) >= 11 is 6.03.